The number of rotatable bonds is 3. The van der Waals surface area contributed by atoms with Gasteiger partial charge < -0.3 is 5.32 Å². The Balaban J connectivity index is 2.08. The van der Waals surface area contributed by atoms with Crippen LogP contribution < -0.4 is 5.32 Å². The highest BCUT2D eigenvalue weighted by Crippen LogP contribution is 2.31. The molecule has 82 valence electrons. The lowest BCUT2D eigenvalue weighted by molar-refractivity contribution is 0.0999. The second kappa shape index (κ2) is 4.27. The SMILES string of the molecule is CC(NC1CCc2ccccc21)C(F)F. The van der Waals surface area contributed by atoms with Crippen molar-refractivity contribution in [1.82, 2.24) is 5.32 Å². The van der Waals surface area contributed by atoms with E-state index in [0.717, 1.165) is 12.8 Å². The molecule has 0 fully saturated rings. The Kier molecular flexibility index (Phi) is 3.00. The van der Waals surface area contributed by atoms with Gasteiger partial charge in [-0.15, -0.1) is 0 Å². The van der Waals surface area contributed by atoms with Gasteiger partial charge in [-0.25, -0.2) is 8.78 Å². The summed E-state index contributed by atoms with van der Waals surface area (Å²) in [4.78, 5) is 0. The van der Waals surface area contributed by atoms with Crippen LogP contribution >= 0.6 is 0 Å². The molecule has 1 nitrogen and oxygen atoms in total. The van der Waals surface area contributed by atoms with E-state index >= 15 is 0 Å². The number of halogens is 2. The second-order valence-corrected chi connectivity index (χ2v) is 4.08. The minimum atomic E-state index is -2.29. The smallest absolute Gasteiger partial charge is 0.253 e. The van der Waals surface area contributed by atoms with Gasteiger partial charge in [-0.3, -0.25) is 0 Å². The number of hydrogen-bond donors (Lipinski definition) is 1. The van der Waals surface area contributed by atoms with Gasteiger partial charge in [0.1, 0.15) is 0 Å². The fraction of sp³-hybridized carbons (Fsp3) is 0.500. The zero-order chi connectivity index (χ0) is 10.8. The molecule has 2 unspecified atom stereocenters. The summed E-state index contributed by atoms with van der Waals surface area (Å²) in [6, 6.07) is 7.43. The first-order chi connectivity index (χ1) is 7.18. The van der Waals surface area contributed by atoms with E-state index in [1.54, 1.807) is 0 Å². The zero-order valence-electron chi connectivity index (χ0n) is 8.71. The number of alkyl halides is 2. The predicted octanol–water partition coefficient (Wildman–Crippen LogP) is 2.92. The summed E-state index contributed by atoms with van der Waals surface area (Å²) in [5, 5.41) is 2.98. The lowest BCUT2D eigenvalue weighted by Crippen LogP contribution is -2.34. The minimum Gasteiger partial charge on any atom is -0.302 e. The monoisotopic (exact) mass is 211 g/mol. The first-order valence-electron chi connectivity index (χ1n) is 5.30. The number of hydrogen-bond acceptors (Lipinski definition) is 1. The summed E-state index contributed by atoms with van der Waals surface area (Å²) >= 11 is 0. The third-order valence-electron chi connectivity index (χ3n) is 2.97. The van der Waals surface area contributed by atoms with Crippen molar-refractivity contribution in [2.45, 2.75) is 38.3 Å². The van der Waals surface area contributed by atoms with Crippen molar-refractivity contribution in [3.05, 3.63) is 35.4 Å². The highest BCUT2D eigenvalue weighted by molar-refractivity contribution is 5.34. The highest BCUT2D eigenvalue weighted by atomic mass is 19.3. The van der Waals surface area contributed by atoms with Gasteiger partial charge >= 0.3 is 0 Å². The highest BCUT2D eigenvalue weighted by Gasteiger charge is 2.25. The molecule has 0 saturated carbocycles. The third-order valence-corrected chi connectivity index (χ3v) is 2.97. The van der Waals surface area contributed by atoms with Crippen LogP contribution in [0.3, 0.4) is 0 Å². The maximum absolute atomic E-state index is 12.4. The zero-order valence-corrected chi connectivity index (χ0v) is 8.71. The number of benzene rings is 1. The van der Waals surface area contributed by atoms with E-state index in [-0.39, 0.29) is 6.04 Å². The molecular formula is C12H15F2N. The van der Waals surface area contributed by atoms with Crippen LogP contribution in [0.4, 0.5) is 8.78 Å². The van der Waals surface area contributed by atoms with Crippen LogP contribution in [0, 0.1) is 0 Å². The summed E-state index contributed by atoms with van der Waals surface area (Å²) in [5.41, 5.74) is 2.47. The fourth-order valence-electron chi connectivity index (χ4n) is 2.12. The molecule has 0 aliphatic heterocycles. The van der Waals surface area contributed by atoms with Gasteiger partial charge in [-0.2, -0.15) is 0 Å². The Morgan fingerprint density at radius 2 is 2.07 bits per heavy atom. The molecule has 0 radical (unpaired) electrons. The van der Waals surface area contributed by atoms with E-state index in [1.165, 1.54) is 18.1 Å². The lowest BCUT2D eigenvalue weighted by Gasteiger charge is -2.19. The van der Waals surface area contributed by atoms with E-state index in [1.807, 2.05) is 18.2 Å². The van der Waals surface area contributed by atoms with E-state index < -0.39 is 12.5 Å². The molecule has 1 aliphatic rings. The first-order valence-corrected chi connectivity index (χ1v) is 5.30. The topological polar surface area (TPSA) is 12.0 Å². The van der Waals surface area contributed by atoms with Gasteiger partial charge in [0.05, 0.1) is 6.04 Å². The van der Waals surface area contributed by atoms with Gasteiger partial charge in [0.2, 0.25) is 0 Å². The molecular weight excluding hydrogens is 196 g/mol. The Labute approximate surface area is 88.5 Å². The van der Waals surface area contributed by atoms with Crippen molar-refractivity contribution in [2.75, 3.05) is 0 Å². The molecule has 0 heterocycles. The van der Waals surface area contributed by atoms with Gasteiger partial charge in [-0.05, 0) is 30.9 Å². The van der Waals surface area contributed by atoms with Gasteiger partial charge in [0.25, 0.3) is 6.43 Å². The molecule has 15 heavy (non-hydrogen) atoms. The lowest BCUT2D eigenvalue weighted by atomic mass is 10.1. The van der Waals surface area contributed by atoms with Crippen molar-refractivity contribution in [2.24, 2.45) is 0 Å². The Bertz CT molecular complexity index is 338. The average molecular weight is 211 g/mol. The molecule has 1 aromatic rings. The second-order valence-electron chi connectivity index (χ2n) is 4.08. The number of fused-ring (bicyclic) bond motifs is 1. The van der Waals surface area contributed by atoms with Crippen LogP contribution in [0.15, 0.2) is 24.3 Å². The molecule has 2 rings (SSSR count). The van der Waals surface area contributed by atoms with Crippen molar-refractivity contribution >= 4 is 0 Å². The number of aryl methyl sites for hydroxylation is 1. The van der Waals surface area contributed by atoms with E-state index in [2.05, 4.69) is 11.4 Å². The van der Waals surface area contributed by atoms with Crippen molar-refractivity contribution in [3.63, 3.8) is 0 Å². The van der Waals surface area contributed by atoms with Crippen LogP contribution in [0.1, 0.15) is 30.5 Å². The quantitative estimate of drug-likeness (QED) is 0.810. The normalized spacial score (nSPS) is 21.7. The van der Waals surface area contributed by atoms with Crippen LogP contribution in [-0.4, -0.2) is 12.5 Å². The van der Waals surface area contributed by atoms with Gasteiger partial charge in [0.15, 0.2) is 0 Å². The van der Waals surface area contributed by atoms with Crippen molar-refractivity contribution in [3.8, 4) is 0 Å². The van der Waals surface area contributed by atoms with E-state index in [0.29, 0.717) is 0 Å². The molecule has 1 aliphatic carbocycles. The van der Waals surface area contributed by atoms with Crippen LogP contribution in [-0.2, 0) is 6.42 Å². The fourth-order valence-corrected chi connectivity index (χ4v) is 2.12. The molecule has 0 spiro atoms. The molecule has 0 saturated heterocycles. The largest absolute Gasteiger partial charge is 0.302 e. The maximum atomic E-state index is 12.4. The molecule has 0 bridgehead atoms. The molecule has 1 aromatic carbocycles. The van der Waals surface area contributed by atoms with Crippen LogP contribution in [0.2, 0.25) is 0 Å². The molecule has 1 N–H and O–H groups in total. The maximum Gasteiger partial charge on any atom is 0.253 e. The number of nitrogens with one attached hydrogen (secondary N) is 1. The predicted molar refractivity (Wildman–Crippen MR) is 56.1 cm³/mol. The molecule has 3 heteroatoms. The Hall–Kier alpha value is -0.960. The van der Waals surface area contributed by atoms with Gasteiger partial charge in [-0.1, -0.05) is 24.3 Å². The van der Waals surface area contributed by atoms with Crippen LogP contribution in [0.25, 0.3) is 0 Å². The summed E-state index contributed by atoms with van der Waals surface area (Å²) in [6.45, 7) is 1.53. The molecule has 0 amide bonds. The first kappa shape index (κ1) is 10.6. The van der Waals surface area contributed by atoms with Crippen molar-refractivity contribution < 1.29 is 8.78 Å². The average Bonchev–Trinajstić information content (AvgIpc) is 2.62. The molecule has 0 aromatic heterocycles. The summed E-state index contributed by atoms with van der Waals surface area (Å²) in [6.07, 6.45) is -0.377. The Morgan fingerprint density at radius 3 is 2.80 bits per heavy atom. The standard InChI is InChI=1S/C12H15F2N/c1-8(12(13)14)15-11-7-6-9-4-2-3-5-10(9)11/h2-5,8,11-12,15H,6-7H2,1H3. The van der Waals surface area contributed by atoms with E-state index in [9.17, 15) is 8.78 Å². The van der Waals surface area contributed by atoms with Crippen LogP contribution in [0.5, 0.6) is 0 Å². The third kappa shape index (κ3) is 2.17. The van der Waals surface area contributed by atoms with Crippen molar-refractivity contribution in [1.29, 1.82) is 0 Å². The summed E-state index contributed by atoms with van der Waals surface area (Å²) in [5.74, 6) is 0. The van der Waals surface area contributed by atoms with E-state index in [4.69, 9.17) is 0 Å². The summed E-state index contributed by atoms with van der Waals surface area (Å²) in [7, 11) is 0. The molecule has 2 atom stereocenters. The summed E-state index contributed by atoms with van der Waals surface area (Å²) < 4.78 is 24.8. The minimum absolute atomic E-state index is 0.102. The Morgan fingerprint density at radius 1 is 1.33 bits per heavy atom. The van der Waals surface area contributed by atoms with Gasteiger partial charge in [0, 0.05) is 6.04 Å².